The fraction of sp³-hybridized carbons (Fsp3) is 0.154. The summed E-state index contributed by atoms with van der Waals surface area (Å²) in [5.74, 6) is -0.0614. The Morgan fingerprint density at radius 3 is 2.89 bits per heavy atom. The molecule has 1 aromatic heterocycles. The summed E-state index contributed by atoms with van der Waals surface area (Å²) in [5, 5.41) is 4.80. The molecule has 1 aromatic carbocycles. The largest absolute Gasteiger partial charge is 0.397 e. The second-order valence-corrected chi connectivity index (χ2v) is 5.90. The van der Waals surface area contributed by atoms with Crippen LogP contribution in [0, 0.1) is 6.92 Å². The number of nitrogens with one attached hydrogen (secondary N) is 1. The highest BCUT2D eigenvalue weighted by Crippen LogP contribution is 2.30. The molecule has 5 heteroatoms. The van der Waals surface area contributed by atoms with Gasteiger partial charge in [-0.05, 0) is 52.0 Å². The third kappa shape index (κ3) is 3.11. The average molecular weight is 325 g/mol. The number of halogens is 1. The number of aryl methyl sites for hydroxylation is 1. The first kappa shape index (κ1) is 13.1. The smallest absolute Gasteiger partial charge is 0.229 e. The summed E-state index contributed by atoms with van der Waals surface area (Å²) < 4.78 is 0.805. The molecule has 0 fully saturated rings. The van der Waals surface area contributed by atoms with Gasteiger partial charge in [0.1, 0.15) is 0 Å². The van der Waals surface area contributed by atoms with Gasteiger partial charge in [0.15, 0.2) is 0 Å². The van der Waals surface area contributed by atoms with Crippen LogP contribution in [0.4, 0.5) is 11.4 Å². The van der Waals surface area contributed by atoms with Crippen LogP contribution in [0.1, 0.15) is 10.4 Å². The molecular weight excluding hydrogens is 312 g/mol. The molecule has 0 saturated carbocycles. The number of hydrogen-bond donors (Lipinski definition) is 2. The molecule has 0 spiro atoms. The molecular formula is C13H13BrN2OS. The van der Waals surface area contributed by atoms with Crippen LogP contribution in [0.3, 0.4) is 0 Å². The molecule has 3 nitrogen and oxygen atoms in total. The van der Waals surface area contributed by atoms with Gasteiger partial charge in [-0.15, -0.1) is 11.3 Å². The van der Waals surface area contributed by atoms with E-state index in [1.165, 1.54) is 0 Å². The van der Waals surface area contributed by atoms with Crippen molar-refractivity contribution in [2.45, 2.75) is 13.3 Å². The van der Waals surface area contributed by atoms with Crippen LogP contribution in [0.2, 0.25) is 0 Å². The van der Waals surface area contributed by atoms with E-state index in [9.17, 15) is 4.79 Å². The van der Waals surface area contributed by atoms with Gasteiger partial charge in [0.2, 0.25) is 5.91 Å². The predicted octanol–water partition coefficient (Wildman–Crippen LogP) is 3.58. The monoisotopic (exact) mass is 324 g/mol. The number of benzene rings is 1. The molecule has 2 aromatic rings. The van der Waals surface area contributed by atoms with E-state index in [-0.39, 0.29) is 5.91 Å². The SMILES string of the molecule is Cc1cc(N)c(NC(=O)Cc2cccs2)c(Br)c1. The van der Waals surface area contributed by atoms with E-state index in [0.29, 0.717) is 17.8 Å². The lowest BCUT2D eigenvalue weighted by atomic mass is 10.2. The van der Waals surface area contributed by atoms with Crippen molar-refractivity contribution in [2.24, 2.45) is 0 Å². The van der Waals surface area contributed by atoms with Gasteiger partial charge in [0.25, 0.3) is 0 Å². The lowest BCUT2D eigenvalue weighted by molar-refractivity contribution is -0.115. The van der Waals surface area contributed by atoms with Crippen molar-refractivity contribution in [1.82, 2.24) is 0 Å². The van der Waals surface area contributed by atoms with E-state index < -0.39 is 0 Å². The number of nitrogens with two attached hydrogens (primary N) is 1. The van der Waals surface area contributed by atoms with E-state index in [0.717, 1.165) is 14.9 Å². The van der Waals surface area contributed by atoms with E-state index in [1.54, 1.807) is 11.3 Å². The van der Waals surface area contributed by atoms with Gasteiger partial charge in [0.05, 0.1) is 17.8 Å². The topological polar surface area (TPSA) is 55.1 Å². The molecule has 0 aliphatic heterocycles. The van der Waals surface area contributed by atoms with Crippen molar-refractivity contribution in [1.29, 1.82) is 0 Å². The van der Waals surface area contributed by atoms with Gasteiger partial charge in [-0.3, -0.25) is 4.79 Å². The molecule has 0 bridgehead atoms. The van der Waals surface area contributed by atoms with Crippen molar-refractivity contribution >= 4 is 44.5 Å². The predicted molar refractivity (Wildman–Crippen MR) is 79.9 cm³/mol. The number of amides is 1. The number of anilines is 2. The fourth-order valence-electron chi connectivity index (χ4n) is 1.66. The van der Waals surface area contributed by atoms with E-state index >= 15 is 0 Å². The second-order valence-electron chi connectivity index (χ2n) is 4.02. The molecule has 0 unspecified atom stereocenters. The van der Waals surface area contributed by atoms with Crippen molar-refractivity contribution in [3.05, 3.63) is 44.6 Å². The van der Waals surface area contributed by atoms with Gasteiger partial charge in [-0.25, -0.2) is 0 Å². The standard InChI is InChI=1S/C13H13BrN2OS/c1-8-5-10(14)13(11(15)6-8)16-12(17)7-9-3-2-4-18-9/h2-6H,7,15H2,1H3,(H,16,17). The second kappa shape index (κ2) is 5.54. The Hall–Kier alpha value is -1.33. The summed E-state index contributed by atoms with van der Waals surface area (Å²) in [4.78, 5) is 12.9. The lowest BCUT2D eigenvalue weighted by Gasteiger charge is -2.11. The van der Waals surface area contributed by atoms with Gasteiger partial charge in [-0.2, -0.15) is 0 Å². The Morgan fingerprint density at radius 2 is 2.28 bits per heavy atom. The van der Waals surface area contributed by atoms with Crippen molar-refractivity contribution in [3.8, 4) is 0 Å². The number of hydrogen-bond acceptors (Lipinski definition) is 3. The highest BCUT2D eigenvalue weighted by molar-refractivity contribution is 9.10. The highest BCUT2D eigenvalue weighted by atomic mass is 79.9. The minimum atomic E-state index is -0.0614. The minimum absolute atomic E-state index is 0.0614. The van der Waals surface area contributed by atoms with E-state index in [1.807, 2.05) is 36.6 Å². The number of nitrogen functional groups attached to an aromatic ring is 1. The van der Waals surface area contributed by atoms with Gasteiger partial charge >= 0.3 is 0 Å². The summed E-state index contributed by atoms with van der Waals surface area (Å²) in [6.07, 6.45) is 0.372. The molecule has 2 rings (SSSR count). The third-order valence-electron chi connectivity index (χ3n) is 2.44. The summed E-state index contributed by atoms with van der Waals surface area (Å²) in [7, 11) is 0. The van der Waals surface area contributed by atoms with Gasteiger partial charge < -0.3 is 11.1 Å². The van der Waals surface area contributed by atoms with E-state index in [2.05, 4.69) is 21.2 Å². The Bertz CT molecular complexity index is 543. The number of carbonyl (C=O) groups excluding carboxylic acids is 1. The zero-order valence-corrected chi connectivity index (χ0v) is 12.3. The van der Waals surface area contributed by atoms with Crippen molar-refractivity contribution in [3.63, 3.8) is 0 Å². The molecule has 0 aliphatic rings. The van der Waals surface area contributed by atoms with Crippen LogP contribution in [0.5, 0.6) is 0 Å². The van der Waals surface area contributed by atoms with Crippen LogP contribution in [0.25, 0.3) is 0 Å². The molecule has 18 heavy (non-hydrogen) atoms. The molecule has 94 valence electrons. The zero-order valence-electron chi connectivity index (χ0n) is 9.87. The number of carbonyl (C=O) groups is 1. The fourth-order valence-corrected chi connectivity index (χ4v) is 3.05. The molecule has 0 aliphatic carbocycles. The Kier molecular flexibility index (Phi) is 4.04. The van der Waals surface area contributed by atoms with Crippen LogP contribution < -0.4 is 11.1 Å². The number of thiophene rings is 1. The summed E-state index contributed by atoms with van der Waals surface area (Å²) in [6.45, 7) is 1.96. The maximum Gasteiger partial charge on any atom is 0.229 e. The van der Waals surface area contributed by atoms with Crippen LogP contribution in [0.15, 0.2) is 34.1 Å². The van der Waals surface area contributed by atoms with E-state index in [4.69, 9.17) is 5.73 Å². The first-order valence-electron chi connectivity index (χ1n) is 5.44. The lowest BCUT2D eigenvalue weighted by Crippen LogP contribution is -2.15. The molecule has 1 amide bonds. The normalized spacial score (nSPS) is 10.3. The van der Waals surface area contributed by atoms with Crippen LogP contribution in [-0.2, 0) is 11.2 Å². The van der Waals surface area contributed by atoms with Crippen molar-refractivity contribution in [2.75, 3.05) is 11.1 Å². The van der Waals surface area contributed by atoms with Gasteiger partial charge in [0, 0.05) is 9.35 Å². The highest BCUT2D eigenvalue weighted by Gasteiger charge is 2.10. The molecule has 1 heterocycles. The molecule has 0 saturated heterocycles. The maximum atomic E-state index is 11.9. The van der Waals surface area contributed by atoms with Crippen LogP contribution >= 0.6 is 27.3 Å². The first-order chi connectivity index (χ1) is 8.56. The van der Waals surface area contributed by atoms with Crippen LogP contribution in [-0.4, -0.2) is 5.91 Å². The minimum Gasteiger partial charge on any atom is -0.397 e. The zero-order chi connectivity index (χ0) is 13.1. The Labute approximate surface area is 118 Å². The first-order valence-corrected chi connectivity index (χ1v) is 7.11. The summed E-state index contributed by atoms with van der Waals surface area (Å²) in [5.41, 5.74) is 8.16. The molecule has 3 N–H and O–H groups in total. The van der Waals surface area contributed by atoms with Gasteiger partial charge in [-0.1, -0.05) is 6.07 Å². The third-order valence-corrected chi connectivity index (χ3v) is 3.95. The molecule has 0 atom stereocenters. The average Bonchev–Trinajstić information content (AvgIpc) is 2.76. The quantitative estimate of drug-likeness (QED) is 0.848. The number of rotatable bonds is 3. The molecule has 0 radical (unpaired) electrons. The van der Waals surface area contributed by atoms with Crippen molar-refractivity contribution < 1.29 is 4.79 Å². The Morgan fingerprint density at radius 1 is 1.50 bits per heavy atom. The summed E-state index contributed by atoms with van der Waals surface area (Å²) >= 11 is 4.98. The Balaban J connectivity index is 2.12. The summed E-state index contributed by atoms with van der Waals surface area (Å²) in [6, 6.07) is 7.64. The maximum absolute atomic E-state index is 11.9.